The van der Waals surface area contributed by atoms with Crippen LogP contribution in [0.1, 0.15) is 61.1 Å². The summed E-state index contributed by atoms with van der Waals surface area (Å²) in [6.45, 7) is 7.97. The van der Waals surface area contributed by atoms with Gasteiger partial charge in [0.2, 0.25) is 0 Å². The van der Waals surface area contributed by atoms with Crippen molar-refractivity contribution in [1.29, 1.82) is 0 Å². The van der Waals surface area contributed by atoms with Gasteiger partial charge in [0.15, 0.2) is 0 Å². The minimum atomic E-state index is 0.0595. The fourth-order valence-electron chi connectivity index (χ4n) is 3.62. The van der Waals surface area contributed by atoms with Gasteiger partial charge in [-0.1, -0.05) is 51.3 Å². The van der Waals surface area contributed by atoms with E-state index >= 15 is 0 Å². The molecule has 0 spiro atoms. The molecule has 0 atom stereocenters. The molecular weight excluding hydrogens is 310 g/mol. The molecule has 134 valence electrons. The Morgan fingerprint density at radius 3 is 2.84 bits per heavy atom. The van der Waals surface area contributed by atoms with E-state index in [1.165, 1.54) is 19.3 Å². The highest BCUT2D eigenvalue weighted by Gasteiger charge is 2.24. The Labute approximate surface area is 150 Å². The van der Waals surface area contributed by atoms with Crippen molar-refractivity contribution in [3.8, 4) is 0 Å². The molecule has 1 aliphatic rings. The van der Waals surface area contributed by atoms with Crippen LogP contribution in [0.4, 0.5) is 0 Å². The molecule has 0 saturated carbocycles. The SMILES string of the molecule is CCCCCCNC(=O)c1c2c(nc3ccccc13)CCN(CC)C2. The lowest BCUT2D eigenvalue weighted by atomic mass is 9.95. The number of fused-ring (bicyclic) bond motifs is 2. The average Bonchev–Trinajstić information content (AvgIpc) is 2.65. The summed E-state index contributed by atoms with van der Waals surface area (Å²) in [5, 5.41) is 4.12. The maximum atomic E-state index is 13.0. The predicted octanol–water partition coefficient (Wildman–Crippen LogP) is 3.92. The molecule has 1 N–H and O–H groups in total. The quantitative estimate of drug-likeness (QED) is 0.778. The van der Waals surface area contributed by atoms with Gasteiger partial charge in [0, 0.05) is 42.7 Å². The molecule has 1 amide bonds. The van der Waals surface area contributed by atoms with Crippen LogP contribution >= 0.6 is 0 Å². The second kappa shape index (κ2) is 8.43. The maximum absolute atomic E-state index is 13.0. The van der Waals surface area contributed by atoms with E-state index in [4.69, 9.17) is 4.98 Å². The number of hydrogen-bond acceptors (Lipinski definition) is 3. The number of aromatic nitrogens is 1. The first-order valence-corrected chi connectivity index (χ1v) is 9.65. The minimum Gasteiger partial charge on any atom is -0.352 e. The monoisotopic (exact) mass is 339 g/mol. The van der Waals surface area contributed by atoms with Gasteiger partial charge in [0.05, 0.1) is 11.1 Å². The predicted molar refractivity (Wildman–Crippen MR) is 103 cm³/mol. The molecule has 0 unspecified atom stereocenters. The highest BCUT2D eigenvalue weighted by Crippen LogP contribution is 2.28. The number of benzene rings is 1. The standard InChI is InChI=1S/C21H29N3O/c1-3-5-6-9-13-22-21(25)20-16-10-7-8-11-18(16)23-19-12-14-24(4-2)15-17(19)20/h7-8,10-11H,3-6,9,12-15H2,1-2H3,(H,22,25). The first-order valence-electron chi connectivity index (χ1n) is 9.65. The van der Waals surface area contributed by atoms with Crippen molar-refractivity contribution in [1.82, 2.24) is 15.2 Å². The number of likely N-dealkylation sites (N-methyl/N-ethyl adjacent to an activating group) is 1. The van der Waals surface area contributed by atoms with Crippen molar-refractivity contribution in [2.75, 3.05) is 19.6 Å². The molecule has 0 bridgehead atoms. The van der Waals surface area contributed by atoms with E-state index in [9.17, 15) is 4.79 Å². The van der Waals surface area contributed by atoms with E-state index in [1.807, 2.05) is 24.3 Å². The third kappa shape index (κ3) is 4.01. The molecule has 25 heavy (non-hydrogen) atoms. The van der Waals surface area contributed by atoms with Crippen molar-refractivity contribution in [2.24, 2.45) is 0 Å². The van der Waals surface area contributed by atoms with Gasteiger partial charge in [-0.3, -0.25) is 14.7 Å². The summed E-state index contributed by atoms with van der Waals surface area (Å²) in [6, 6.07) is 8.03. The number of carbonyl (C=O) groups excluding carboxylic acids is 1. The molecule has 0 aliphatic carbocycles. The number of rotatable bonds is 7. The van der Waals surface area contributed by atoms with Crippen molar-refractivity contribution >= 4 is 16.8 Å². The number of para-hydroxylation sites is 1. The Morgan fingerprint density at radius 1 is 1.20 bits per heavy atom. The second-order valence-electron chi connectivity index (χ2n) is 6.86. The average molecular weight is 339 g/mol. The normalized spacial score (nSPS) is 14.5. The van der Waals surface area contributed by atoms with Crippen LogP contribution in [0.5, 0.6) is 0 Å². The third-order valence-electron chi connectivity index (χ3n) is 5.12. The molecule has 0 fully saturated rings. The Hall–Kier alpha value is -1.94. The number of nitrogens with zero attached hydrogens (tertiary/aromatic N) is 2. The summed E-state index contributed by atoms with van der Waals surface area (Å²) in [7, 11) is 0. The topological polar surface area (TPSA) is 45.2 Å². The lowest BCUT2D eigenvalue weighted by Gasteiger charge is -2.29. The fourth-order valence-corrected chi connectivity index (χ4v) is 3.62. The van der Waals surface area contributed by atoms with Gasteiger partial charge >= 0.3 is 0 Å². The first kappa shape index (κ1) is 17.9. The van der Waals surface area contributed by atoms with Crippen LogP contribution in [0, 0.1) is 0 Å². The zero-order valence-corrected chi connectivity index (χ0v) is 15.5. The molecule has 4 nitrogen and oxygen atoms in total. The van der Waals surface area contributed by atoms with Gasteiger partial charge < -0.3 is 5.32 Å². The Balaban J connectivity index is 1.90. The lowest BCUT2D eigenvalue weighted by Crippen LogP contribution is -2.34. The third-order valence-corrected chi connectivity index (χ3v) is 5.12. The molecule has 4 heteroatoms. The fraction of sp³-hybridized carbons (Fsp3) is 0.524. The van der Waals surface area contributed by atoms with E-state index in [-0.39, 0.29) is 5.91 Å². The van der Waals surface area contributed by atoms with Crippen LogP contribution in [0.2, 0.25) is 0 Å². The largest absolute Gasteiger partial charge is 0.352 e. The summed E-state index contributed by atoms with van der Waals surface area (Å²) in [5.74, 6) is 0.0595. The van der Waals surface area contributed by atoms with Crippen molar-refractivity contribution in [3.63, 3.8) is 0 Å². The zero-order valence-electron chi connectivity index (χ0n) is 15.5. The van der Waals surface area contributed by atoms with Crippen LogP contribution in [0.15, 0.2) is 24.3 Å². The number of unbranched alkanes of at least 4 members (excludes halogenated alkanes) is 3. The molecule has 0 radical (unpaired) electrons. The van der Waals surface area contributed by atoms with Crippen molar-refractivity contribution < 1.29 is 4.79 Å². The Bertz CT molecular complexity index is 741. The minimum absolute atomic E-state index is 0.0595. The Kier molecular flexibility index (Phi) is 6.03. The highest BCUT2D eigenvalue weighted by atomic mass is 16.1. The van der Waals surface area contributed by atoms with Crippen molar-refractivity contribution in [2.45, 2.75) is 52.5 Å². The van der Waals surface area contributed by atoms with E-state index < -0.39 is 0 Å². The maximum Gasteiger partial charge on any atom is 0.252 e. The van der Waals surface area contributed by atoms with Crippen molar-refractivity contribution in [3.05, 3.63) is 41.1 Å². The molecule has 2 heterocycles. The van der Waals surface area contributed by atoms with Gasteiger partial charge in [0.25, 0.3) is 5.91 Å². The molecule has 2 aromatic rings. The number of nitrogens with one attached hydrogen (secondary N) is 1. The van der Waals surface area contributed by atoms with E-state index in [0.717, 1.165) is 66.7 Å². The van der Waals surface area contributed by atoms with E-state index in [0.29, 0.717) is 0 Å². The summed E-state index contributed by atoms with van der Waals surface area (Å²) >= 11 is 0. The Morgan fingerprint density at radius 2 is 2.04 bits per heavy atom. The van der Waals surface area contributed by atoms with Crippen LogP contribution in [0.3, 0.4) is 0 Å². The number of amides is 1. The van der Waals surface area contributed by atoms with Crippen LogP contribution in [-0.2, 0) is 13.0 Å². The molecular formula is C21H29N3O. The van der Waals surface area contributed by atoms with E-state index in [1.54, 1.807) is 0 Å². The smallest absolute Gasteiger partial charge is 0.252 e. The number of hydrogen-bond donors (Lipinski definition) is 1. The van der Waals surface area contributed by atoms with Crippen LogP contribution in [-0.4, -0.2) is 35.4 Å². The lowest BCUT2D eigenvalue weighted by molar-refractivity contribution is 0.0951. The van der Waals surface area contributed by atoms with Crippen LogP contribution in [0.25, 0.3) is 10.9 Å². The number of pyridine rings is 1. The van der Waals surface area contributed by atoms with Crippen LogP contribution < -0.4 is 5.32 Å². The van der Waals surface area contributed by atoms with Gasteiger partial charge in [-0.05, 0) is 19.0 Å². The summed E-state index contributed by atoms with van der Waals surface area (Å²) < 4.78 is 0. The van der Waals surface area contributed by atoms with Gasteiger partial charge in [-0.15, -0.1) is 0 Å². The second-order valence-corrected chi connectivity index (χ2v) is 6.86. The molecule has 0 saturated heterocycles. The summed E-state index contributed by atoms with van der Waals surface area (Å²) in [4.78, 5) is 20.2. The molecule has 1 aromatic carbocycles. The molecule has 1 aromatic heterocycles. The summed E-state index contributed by atoms with van der Waals surface area (Å²) in [6.07, 6.45) is 5.59. The highest BCUT2D eigenvalue weighted by molar-refractivity contribution is 6.07. The van der Waals surface area contributed by atoms with Gasteiger partial charge in [-0.2, -0.15) is 0 Å². The van der Waals surface area contributed by atoms with E-state index in [2.05, 4.69) is 24.1 Å². The first-order chi connectivity index (χ1) is 12.2. The number of carbonyl (C=O) groups is 1. The molecule has 1 aliphatic heterocycles. The summed E-state index contributed by atoms with van der Waals surface area (Å²) in [5.41, 5.74) is 3.99. The zero-order chi connectivity index (χ0) is 17.6. The van der Waals surface area contributed by atoms with Gasteiger partial charge in [-0.25, -0.2) is 0 Å². The van der Waals surface area contributed by atoms with Gasteiger partial charge in [0.1, 0.15) is 0 Å². The molecule has 3 rings (SSSR count).